The second-order valence-corrected chi connectivity index (χ2v) is 5.63. The van der Waals surface area contributed by atoms with Crippen molar-refractivity contribution < 1.29 is 0 Å². The fraction of sp³-hybridized carbons (Fsp3) is 0.333. The van der Waals surface area contributed by atoms with Crippen LogP contribution in [0, 0.1) is 0 Å². The SMILES string of the molecule is c1cc2c(s1)CCCC2Nc1ccc2nnnn2n1. The van der Waals surface area contributed by atoms with Crippen molar-refractivity contribution in [1.82, 2.24) is 25.3 Å². The van der Waals surface area contributed by atoms with Gasteiger partial charge in [-0.1, -0.05) is 0 Å². The molecule has 0 fully saturated rings. The summed E-state index contributed by atoms with van der Waals surface area (Å²) in [4.78, 5) is 1.49. The summed E-state index contributed by atoms with van der Waals surface area (Å²) in [6.07, 6.45) is 3.56. The van der Waals surface area contributed by atoms with Crippen LogP contribution < -0.4 is 5.32 Å². The maximum absolute atomic E-state index is 4.36. The number of tetrazole rings is 1. The van der Waals surface area contributed by atoms with Gasteiger partial charge in [0.15, 0.2) is 5.65 Å². The molecule has 3 aromatic heterocycles. The zero-order chi connectivity index (χ0) is 12.7. The molecule has 0 saturated carbocycles. The van der Waals surface area contributed by atoms with E-state index in [-0.39, 0.29) is 0 Å². The van der Waals surface area contributed by atoms with Crippen molar-refractivity contribution in [3.63, 3.8) is 0 Å². The number of thiophene rings is 1. The number of nitrogens with zero attached hydrogens (tertiary/aromatic N) is 5. The molecule has 0 radical (unpaired) electrons. The Morgan fingerprint density at radius 1 is 1.32 bits per heavy atom. The van der Waals surface area contributed by atoms with Gasteiger partial charge in [-0.2, -0.15) is 0 Å². The van der Waals surface area contributed by atoms with E-state index in [1.165, 1.54) is 27.9 Å². The van der Waals surface area contributed by atoms with Gasteiger partial charge in [-0.05, 0) is 58.8 Å². The van der Waals surface area contributed by atoms with Crippen molar-refractivity contribution in [2.24, 2.45) is 0 Å². The quantitative estimate of drug-likeness (QED) is 0.773. The summed E-state index contributed by atoms with van der Waals surface area (Å²) in [6.45, 7) is 0. The van der Waals surface area contributed by atoms with Gasteiger partial charge in [0, 0.05) is 4.88 Å². The highest BCUT2D eigenvalue weighted by molar-refractivity contribution is 7.10. The molecule has 1 atom stereocenters. The Morgan fingerprint density at radius 2 is 2.32 bits per heavy atom. The predicted octanol–water partition coefficient (Wildman–Crippen LogP) is 2.07. The third-order valence-corrected chi connectivity index (χ3v) is 4.44. The molecular weight excluding hydrogens is 260 g/mol. The minimum atomic E-state index is 0.344. The zero-order valence-electron chi connectivity index (χ0n) is 10.2. The molecule has 3 heterocycles. The molecule has 6 nitrogen and oxygen atoms in total. The van der Waals surface area contributed by atoms with Crippen LogP contribution >= 0.6 is 11.3 Å². The summed E-state index contributed by atoms with van der Waals surface area (Å²) in [6, 6.07) is 6.35. The summed E-state index contributed by atoms with van der Waals surface area (Å²) in [5.74, 6) is 0.809. The lowest BCUT2D eigenvalue weighted by Gasteiger charge is -2.23. The monoisotopic (exact) mass is 272 g/mol. The van der Waals surface area contributed by atoms with Gasteiger partial charge in [0.2, 0.25) is 0 Å². The lowest BCUT2D eigenvalue weighted by atomic mass is 9.94. The van der Waals surface area contributed by atoms with E-state index in [1.54, 1.807) is 0 Å². The molecule has 0 amide bonds. The number of aryl methyl sites for hydroxylation is 1. The van der Waals surface area contributed by atoms with Crippen LogP contribution in [0.4, 0.5) is 5.82 Å². The Balaban J connectivity index is 1.65. The first-order valence-electron chi connectivity index (χ1n) is 6.28. The second-order valence-electron chi connectivity index (χ2n) is 4.63. The highest BCUT2D eigenvalue weighted by Crippen LogP contribution is 2.35. The first-order chi connectivity index (χ1) is 9.40. The maximum atomic E-state index is 4.36. The molecular formula is C12H12N6S. The van der Waals surface area contributed by atoms with Crippen LogP contribution in [0.25, 0.3) is 5.65 Å². The number of nitrogens with one attached hydrogen (secondary N) is 1. The smallest absolute Gasteiger partial charge is 0.200 e. The summed E-state index contributed by atoms with van der Waals surface area (Å²) in [5, 5.41) is 21.3. The molecule has 1 unspecified atom stereocenters. The summed E-state index contributed by atoms with van der Waals surface area (Å²) in [5.41, 5.74) is 2.07. The van der Waals surface area contributed by atoms with Gasteiger partial charge in [-0.15, -0.1) is 26.2 Å². The first kappa shape index (κ1) is 10.9. The van der Waals surface area contributed by atoms with Crippen molar-refractivity contribution in [2.45, 2.75) is 25.3 Å². The standard InChI is InChI=1S/C12H12N6S/c1-2-9(8-6-7-19-10(8)3-1)13-11-4-5-12-14-16-17-18(12)15-11/h4-7,9H,1-3H2,(H,13,15). The fourth-order valence-corrected chi connectivity index (χ4v) is 3.53. The molecule has 19 heavy (non-hydrogen) atoms. The molecule has 7 heteroatoms. The van der Waals surface area contributed by atoms with Gasteiger partial charge in [0.25, 0.3) is 0 Å². The summed E-state index contributed by atoms with van der Waals surface area (Å²) < 4.78 is 1.44. The molecule has 0 saturated heterocycles. The Kier molecular flexibility index (Phi) is 2.44. The van der Waals surface area contributed by atoms with E-state index < -0.39 is 0 Å². The summed E-state index contributed by atoms with van der Waals surface area (Å²) in [7, 11) is 0. The van der Waals surface area contributed by atoms with Gasteiger partial charge in [0.05, 0.1) is 6.04 Å². The average molecular weight is 272 g/mol. The number of hydrogen-bond donors (Lipinski definition) is 1. The fourth-order valence-electron chi connectivity index (χ4n) is 2.54. The van der Waals surface area contributed by atoms with Gasteiger partial charge in [-0.3, -0.25) is 0 Å². The molecule has 3 aromatic rings. The van der Waals surface area contributed by atoms with Crippen LogP contribution in [-0.4, -0.2) is 25.3 Å². The van der Waals surface area contributed by atoms with Crippen molar-refractivity contribution in [2.75, 3.05) is 5.32 Å². The van der Waals surface area contributed by atoms with E-state index in [1.807, 2.05) is 23.5 Å². The number of hydrogen-bond acceptors (Lipinski definition) is 6. The van der Waals surface area contributed by atoms with E-state index in [4.69, 9.17) is 0 Å². The zero-order valence-corrected chi connectivity index (χ0v) is 11.0. The Bertz CT molecular complexity index is 718. The molecule has 4 rings (SSSR count). The van der Waals surface area contributed by atoms with E-state index in [2.05, 4.69) is 37.4 Å². The van der Waals surface area contributed by atoms with E-state index in [0.29, 0.717) is 11.7 Å². The van der Waals surface area contributed by atoms with Crippen LogP contribution in [-0.2, 0) is 6.42 Å². The molecule has 0 spiro atoms. The van der Waals surface area contributed by atoms with Gasteiger partial charge >= 0.3 is 0 Å². The molecule has 1 aliphatic rings. The highest BCUT2D eigenvalue weighted by Gasteiger charge is 2.21. The van der Waals surface area contributed by atoms with E-state index >= 15 is 0 Å². The third-order valence-electron chi connectivity index (χ3n) is 3.44. The van der Waals surface area contributed by atoms with Crippen molar-refractivity contribution in [3.05, 3.63) is 34.0 Å². The maximum Gasteiger partial charge on any atom is 0.200 e. The summed E-state index contributed by atoms with van der Waals surface area (Å²) >= 11 is 1.85. The highest BCUT2D eigenvalue weighted by atomic mass is 32.1. The van der Waals surface area contributed by atoms with Gasteiger partial charge in [0.1, 0.15) is 5.82 Å². The van der Waals surface area contributed by atoms with Crippen molar-refractivity contribution >= 4 is 22.8 Å². The minimum absolute atomic E-state index is 0.344. The normalized spacial score (nSPS) is 18.4. The third kappa shape index (κ3) is 1.86. The minimum Gasteiger partial charge on any atom is -0.362 e. The first-order valence-corrected chi connectivity index (χ1v) is 7.16. The molecule has 0 aromatic carbocycles. The Labute approximate surface area is 113 Å². The number of rotatable bonds is 2. The van der Waals surface area contributed by atoms with Gasteiger partial charge < -0.3 is 5.32 Å². The van der Waals surface area contributed by atoms with Crippen molar-refractivity contribution in [1.29, 1.82) is 0 Å². The lowest BCUT2D eigenvalue weighted by molar-refractivity contribution is 0.603. The number of anilines is 1. The van der Waals surface area contributed by atoms with Crippen LogP contribution in [0.5, 0.6) is 0 Å². The Morgan fingerprint density at radius 3 is 3.32 bits per heavy atom. The van der Waals surface area contributed by atoms with Gasteiger partial charge in [-0.25, -0.2) is 0 Å². The lowest BCUT2D eigenvalue weighted by Crippen LogP contribution is -2.17. The van der Waals surface area contributed by atoms with Crippen LogP contribution in [0.15, 0.2) is 23.6 Å². The van der Waals surface area contributed by atoms with E-state index in [9.17, 15) is 0 Å². The van der Waals surface area contributed by atoms with Crippen molar-refractivity contribution in [3.8, 4) is 0 Å². The Hall–Kier alpha value is -2.02. The van der Waals surface area contributed by atoms with E-state index in [0.717, 1.165) is 12.2 Å². The predicted molar refractivity (Wildman–Crippen MR) is 72.2 cm³/mol. The largest absolute Gasteiger partial charge is 0.362 e. The topological polar surface area (TPSA) is 68.0 Å². The molecule has 0 aliphatic heterocycles. The van der Waals surface area contributed by atoms with Crippen LogP contribution in [0.1, 0.15) is 29.3 Å². The molecule has 96 valence electrons. The second kappa shape index (κ2) is 4.27. The van der Waals surface area contributed by atoms with Crippen LogP contribution in [0.3, 0.4) is 0 Å². The molecule has 1 N–H and O–H groups in total. The number of aromatic nitrogens is 5. The average Bonchev–Trinajstić information content (AvgIpc) is 3.06. The molecule has 0 bridgehead atoms. The van der Waals surface area contributed by atoms with Crippen LogP contribution in [0.2, 0.25) is 0 Å². The number of fused-ring (bicyclic) bond motifs is 2. The molecule has 1 aliphatic carbocycles.